The number of aliphatic hydroxyl groups is 1. The molecular formula is C18H21N3O5. The lowest BCUT2D eigenvalue weighted by atomic mass is 10.1. The number of hydrogen-bond donors (Lipinski definition) is 3. The molecule has 1 fully saturated rings. The molecule has 8 heteroatoms. The molecule has 1 aliphatic rings. The first-order chi connectivity index (χ1) is 12.7. The van der Waals surface area contributed by atoms with Crippen LogP contribution in [-0.4, -0.2) is 47.7 Å². The van der Waals surface area contributed by atoms with Crippen LogP contribution in [0.4, 0.5) is 10.5 Å². The van der Waals surface area contributed by atoms with E-state index in [4.69, 9.17) is 14.3 Å². The Hall–Kier alpha value is -3.00. The molecule has 0 aliphatic carbocycles. The average Bonchev–Trinajstić information content (AvgIpc) is 3.16. The summed E-state index contributed by atoms with van der Waals surface area (Å²) >= 11 is 0. The third kappa shape index (κ3) is 4.34. The van der Waals surface area contributed by atoms with E-state index in [0.29, 0.717) is 31.1 Å². The van der Waals surface area contributed by atoms with E-state index < -0.39 is 6.04 Å². The normalized spacial score (nSPS) is 16.9. The molecule has 2 aromatic rings. The summed E-state index contributed by atoms with van der Waals surface area (Å²) in [5.74, 6) is 1.12. The van der Waals surface area contributed by atoms with E-state index in [1.165, 1.54) is 4.90 Å². The van der Waals surface area contributed by atoms with Crippen molar-refractivity contribution >= 4 is 17.6 Å². The topological polar surface area (TPSA) is 104 Å². The van der Waals surface area contributed by atoms with E-state index in [1.807, 2.05) is 6.07 Å². The summed E-state index contributed by atoms with van der Waals surface area (Å²) in [5.41, 5.74) is 0.592. The number of anilines is 1. The SMILES string of the molecule is O=C1NCCN(C(=O)Nc2ccc(OCc3ccco3)cc2)[C@@H]1CCO. The Balaban J connectivity index is 1.57. The van der Waals surface area contributed by atoms with Crippen LogP contribution in [0.5, 0.6) is 5.75 Å². The van der Waals surface area contributed by atoms with Gasteiger partial charge in [-0.2, -0.15) is 0 Å². The van der Waals surface area contributed by atoms with Gasteiger partial charge < -0.3 is 29.8 Å². The van der Waals surface area contributed by atoms with Gasteiger partial charge in [0.05, 0.1) is 6.26 Å². The van der Waals surface area contributed by atoms with Gasteiger partial charge in [0.15, 0.2) is 0 Å². The van der Waals surface area contributed by atoms with Crippen molar-refractivity contribution in [3.05, 3.63) is 48.4 Å². The second-order valence-electron chi connectivity index (χ2n) is 5.84. The first-order valence-corrected chi connectivity index (χ1v) is 8.39. The van der Waals surface area contributed by atoms with Crippen LogP contribution in [0.3, 0.4) is 0 Å². The van der Waals surface area contributed by atoms with Gasteiger partial charge in [-0.3, -0.25) is 4.79 Å². The standard InChI is InChI=1S/C18H21N3O5/c22-10-7-16-17(23)19-8-9-21(16)18(24)20-13-3-5-14(6-4-13)26-12-15-2-1-11-25-15/h1-6,11,16,22H,7-10,12H2,(H,19,23)(H,20,24)/t16-/m1/s1. The minimum atomic E-state index is -0.662. The van der Waals surface area contributed by atoms with Crippen molar-refractivity contribution in [3.63, 3.8) is 0 Å². The molecule has 0 radical (unpaired) electrons. The molecule has 26 heavy (non-hydrogen) atoms. The largest absolute Gasteiger partial charge is 0.486 e. The Morgan fingerprint density at radius 2 is 2.15 bits per heavy atom. The van der Waals surface area contributed by atoms with Gasteiger partial charge in [-0.25, -0.2) is 4.79 Å². The third-order valence-corrected chi connectivity index (χ3v) is 4.06. The van der Waals surface area contributed by atoms with Gasteiger partial charge in [-0.15, -0.1) is 0 Å². The van der Waals surface area contributed by atoms with Crippen LogP contribution in [0.15, 0.2) is 47.1 Å². The third-order valence-electron chi connectivity index (χ3n) is 4.06. The summed E-state index contributed by atoms with van der Waals surface area (Å²) in [6.45, 7) is 0.953. The number of furan rings is 1. The number of aliphatic hydroxyl groups excluding tert-OH is 1. The van der Waals surface area contributed by atoms with Crippen LogP contribution in [0.2, 0.25) is 0 Å². The number of carbonyl (C=O) groups excluding carboxylic acids is 2. The Morgan fingerprint density at radius 1 is 1.35 bits per heavy atom. The first-order valence-electron chi connectivity index (χ1n) is 8.39. The molecule has 3 N–H and O–H groups in total. The lowest BCUT2D eigenvalue weighted by Crippen LogP contribution is -2.58. The lowest BCUT2D eigenvalue weighted by Gasteiger charge is -2.34. The van der Waals surface area contributed by atoms with Crippen molar-refractivity contribution in [2.24, 2.45) is 0 Å². The maximum atomic E-state index is 12.5. The predicted octanol–water partition coefficient (Wildman–Crippen LogP) is 1.57. The highest BCUT2D eigenvalue weighted by molar-refractivity contribution is 5.94. The molecule has 8 nitrogen and oxygen atoms in total. The quantitative estimate of drug-likeness (QED) is 0.726. The number of urea groups is 1. The van der Waals surface area contributed by atoms with Crippen molar-refractivity contribution in [2.45, 2.75) is 19.1 Å². The van der Waals surface area contributed by atoms with Gasteiger partial charge in [0.2, 0.25) is 5.91 Å². The Kier molecular flexibility index (Phi) is 5.75. The molecule has 1 aromatic heterocycles. The van der Waals surface area contributed by atoms with E-state index in [1.54, 1.807) is 36.6 Å². The molecular weight excluding hydrogens is 338 g/mol. The number of benzene rings is 1. The van der Waals surface area contributed by atoms with Gasteiger partial charge in [0.25, 0.3) is 0 Å². The molecule has 3 amide bonds. The summed E-state index contributed by atoms with van der Waals surface area (Å²) in [4.78, 5) is 25.8. The number of hydrogen-bond acceptors (Lipinski definition) is 5. The van der Waals surface area contributed by atoms with E-state index in [9.17, 15) is 9.59 Å². The van der Waals surface area contributed by atoms with Crippen molar-refractivity contribution in [3.8, 4) is 5.75 Å². The molecule has 3 rings (SSSR count). The number of ether oxygens (including phenoxy) is 1. The number of rotatable bonds is 6. The minimum Gasteiger partial charge on any atom is -0.486 e. The molecule has 0 spiro atoms. The monoisotopic (exact) mass is 359 g/mol. The Labute approximate surface area is 150 Å². The molecule has 138 valence electrons. The van der Waals surface area contributed by atoms with Gasteiger partial charge in [-0.05, 0) is 42.8 Å². The molecule has 2 heterocycles. The highest BCUT2D eigenvalue weighted by atomic mass is 16.5. The van der Waals surface area contributed by atoms with Gasteiger partial charge in [0, 0.05) is 25.4 Å². The van der Waals surface area contributed by atoms with Crippen LogP contribution in [0, 0.1) is 0 Å². The van der Waals surface area contributed by atoms with Crippen molar-refractivity contribution in [1.82, 2.24) is 10.2 Å². The Morgan fingerprint density at radius 3 is 2.85 bits per heavy atom. The zero-order valence-electron chi connectivity index (χ0n) is 14.2. The molecule has 1 aromatic carbocycles. The van der Waals surface area contributed by atoms with Crippen LogP contribution < -0.4 is 15.4 Å². The predicted molar refractivity (Wildman–Crippen MR) is 93.7 cm³/mol. The maximum absolute atomic E-state index is 12.5. The summed E-state index contributed by atoms with van der Waals surface area (Å²) in [6, 6.07) is 9.52. The van der Waals surface area contributed by atoms with E-state index >= 15 is 0 Å². The zero-order valence-corrected chi connectivity index (χ0v) is 14.2. The van der Waals surface area contributed by atoms with Gasteiger partial charge >= 0.3 is 6.03 Å². The molecule has 1 saturated heterocycles. The highest BCUT2D eigenvalue weighted by Crippen LogP contribution is 2.18. The van der Waals surface area contributed by atoms with E-state index in [2.05, 4.69) is 10.6 Å². The fourth-order valence-electron chi connectivity index (χ4n) is 2.75. The number of nitrogens with one attached hydrogen (secondary N) is 2. The molecule has 0 unspecified atom stereocenters. The van der Waals surface area contributed by atoms with E-state index in [-0.39, 0.29) is 25.0 Å². The van der Waals surface area contributed by atoms with Crippen LogP contribution in [-0.2, 0) is 11.4 Å². The Bertz CT molecular complexity index is 730. The maximum Gasteiger partial charge on any atom is 0.322 e. The summed E-state index contributed by atoms with van der Waals surface area (Å²) < 4.78 is 10.8. The molecule has 0 saturated carbocycles. The number of carbonyl (C=O) groups is 2. The number of piperazine rings is 1. The summed E-state index contributed by atoms with van der Waals surface area (Å²) in [5, 5.41) is 14.6. The van der Waals surface area contributed by atoms with Crippen molar-refractivity contribution < 1.29 is 23.8 Å². The zero-order chi connectivity index (χ0) is 18.4. The molecule has 1 aliphatic heterocycles. The fraction of sp³-hybridized carbons (Fsp3) is 0.333. The van der Waals surface area contributed by atoms with Gasteiger partial charge in [-0.1, -0.05) is 0 Å². The number of amides is 3. The minimum absolute atomic E-state index is 0.163. The van der Waals surface area contributed by atoms with Crippen molar-refractivity contribution in [1.29, 1.82) is 0 Å². The fourth-order valence-corrected chi connectivity index (χ4v) is 2.75. The van der Waals surface area contributed by atoms with Crippen LogP contribution in [0.1, 0.15) is 12.2 Å². The van der Waals surface area contributed by atoms with Crippen molar-refractivity contribution in [2.75, 3.05) is 25.0 Å². The van der Waals surface area contributed by atoms with Crippen LogP contribution in [0.25, 0.3) is 0 Å². The average molecular weight is 359 g/mol. The van der Waals surface area contributed by atoms with Crippen LogP contribution >= 0.6 is 0 Å². The second kappa shape index (κ2) is 8.39. The number of nitrogens with zero attached hydrogens (tertiary/aromatic N) is 1. The van der Waals surface area contributed by atoms with E-state index in [0.717, 1.165) is 5.76 Å². The summed E-state index contributed by atoms with van der Waals surface area (Å²) in [7, 11) is 0. The van der Waals surface area contributed by atoms with Gasteiger partial charge in [0.1, 0.15) is 24.2 Å². The summed E-state index contributed by atoms with van der Waals surface area (Å²) in [6.07, 6.45) is 1.79. The molecule has 1 atom stereocenters. The first kappa shape index (κ1) is 17.8. The molecule has 0 bridgehead atoms. The second-order valence-corrected chi connectivity index (χ2v) is 5.84. The lowest BCUT2D eigenvalue weighted by molar-refractivity contribution is -0.128. The smallest absolute Gasteiger partial charge is 0.322 e. The highest BCUT2D eigenvalue weighted by Gasteiger charge is 2.32.